The van der Waals surface area contributed by atoms with E-state index >= 15 is 0 Å². The summed E-state index contributed by atoms with van der Waals surface area (Å²) in [5, 5.41) is 15.1. The molecule has 49 heavy (non-hydrogen) atoms. The number of carbonyl (C=O) groups is 3. The Hall–Kier alpha value is -4.66. The van der Waals surface area contributed by atoms with Crippen LogP contribution in [-0.2, 0) is 14.4 Å². The maximum absolute atomic E-state index is 14.1. The topological polar surface area (TPSA) is 161 Å². The molecule has 0 unspecified atom stereocenters. The van der Waals surface area contributed by atoms with Crippen molar-refractivity contribution in [1.82, 2.24) is 4.98 Å². The predicted molar refractivity (Wildman–Crippen MR) is 183 cm³/mol. The maximum Gasteiger partial charge on any atom is 0.305 e. The predicted octanol–water partition coefficient (Wildman–Crippen LogP) is 5.70. The molecule has 0 radical (unpaired) electrons. The molecule has 3 heterocycles. The number of nitro benzene ring substituents is 1. The number of imide groups is 1. The van der Waals surface area contributed by atoms with Crippen LogP contribution in [0.2, 0.25) is 5.02 Å². The van der Waals surface area contributed by atoms with E-state index < -0.39 is 22.7 Å². The van der Waals surface area contributed by atoms with Crippen LogP contribution < -0.4 is 24.6 Å². The van der Waals surface area contributed by atoms with Crippen LogP contribution >= 0.6 is 34.7 Å². The molecule has 7 atom stereocenters. The molecule has 1 aromatic heterocycles. The van der Waals surface area contributed by atoms with Crippen LogP contribution in [0.25, 0.3) is 0 Å². The van der Waals surface area contributed by atoms with Crippen LogP contribution in [0.4, 0.5) is 17.1 Å². The van der Waals surface area contributed by atoms with Crippen molar-refractivity contribution in [2.24, 2.45) is 29.6 Å². The first kappa shape index (κ1) is 31.6. The second kappa shape index (κ2) is 12.0. The van der Waals surface area contributed by atoms with Gasteiger partial charge in [0.1, 0.15) is 11.5 Å². The van der Waals surface area contributed by atoms with Crippen LogP contribution in [0.5, 0.6) is 11.5 Å². The monoisotopic (exact) mass is 718 g/mol. The van der Waals surface area contributed by atoms with E-state index in [4.69, 9.17) is 21.1 Å². The van der Waals surface area contributed by atoms with E-state index in [1.54, 1.807) is 61.3 Å². The van der Waals surface area contributed by atoms with Gasteiger partial charge in [0, 0.05) is 44.5 Å². The molecule has 2 N–H and O–H groups in total. The first-order chi connectivity index (χ1) is 23.6. The largest absolute Gasteiger partial charge is 0.497 e. The number of hydrogen-bond acceptors (Lipinski definition) is 10. The highest BCUT2D eigenvalue weighted by Gasteiger charge is 2.70. The lowest BCUT2D eigenvalue weighted by Gasteiger charge is -2.43. The first-order valence-corrected chi connectivity index (χ1v) is 17.6. The van der Waals surface area contributed by atoms with Crippen LogP contribution in [0.15, 0.2) is 76.6 Å². The number of aromatic nitrogens is 1. The number of H-pyrrole nitrogens is 1. The van der Waals surface area contributed by atoms with Crippen molar-refractivity contribution in [2.45, 2.75) is 22.6 Å². The summed E-state index contributed by atoms with van der Waals surface area (Å²) in [5.41, 5.74) is 1.45. The fraction of sp³-hybridized carbons (Fsp3) is 0.294. The molecule has 2 bridgehead atoms. The van der Waals surface area contributed by atoms with Gasteiger partial charge in [-0.15, -0.1) is 11.8 Å². The Morgan fingerprint density at radius 1 is 1.04 bits per heavy atom. The van der Waals surface area contributed by atoms with Crippen molar-refractivity contribution in [3.8, 4) is 11.5 Å². The summed E-state index contributed by atoms with van der Waals surface area (Å²) in [4.78, 5) is 69.1. The second-order valence-corrected chi connectivity index (χ2v) is 15.1. The number of thiazole rings is 1. The number of nitro groups is 1. The smallest absolute Gasteiger partial charge is 0.305 e. The summed E-state index contributed by atoms with van der Waals surface area (Å²) < 4.78 is 11.3. The molecule has 12 nitrogen and oxygen atoms in total. The van der Waals surface area contributed by atoms with Crippen LogP contribution in [-0.4, -0.2) is 46.6 Å². The number of halogens is 1. The summed E-state index contributed by atoms with van der Waals surface area (Å²) in [6.07, 6.45) is 0.667. The summed E-state index contributed by atoms with van der Waals surface area (Å²) in [5.74, 6) is -1.88. The highest BCUT2D eigenvalue weighted by Crippen LogP contribution is 2.69. The number of carbonyl (C=O) groups excluding carboxylic acids is 3. The van der Waals surface area contributed by atoms with Crippen molar-refractivity contribution in [2.75, 3.05) is 23.9 Å². The standard InChI is InChI=1S/C34H27ClN4O8S2/c1-46-19-9-3-16(4-10-19)36-24(40)14-47-23-11-2-15(35)12-20(23)25-26-21-13-22(29(26)48-31-30(25)49-34(43)37-31)28-27(21)32(41)38(33(28)42)17-5-7-18(8-6-17)39(44)45/h2-12,21-22,25-29H,13-14H2,1H3,(H,36,40)(H,37,43)/t21-,22-,25+,26-,27+,28+,29-/m1/s1. The first-order valence-electron chi connectivity index (χ1n) is 15.5. The lowest BCUT2D eigenvalue weighted by Crippen LogP contribution is -2.42. The molecule has 15 heteroatoms. The van der Waals surface area contributed by atoms with E-state index in [0.717, 1.165) is 21.2 Å². The van der Waals surface area contributed by atoms with Gasteiger partial charge >= 0.3 is 4.87 Å². The molecule has 2 saturated carbocycles. The summed E-state index contributed by atoms with van der Waals surface area (Å²) >= 11 is 9.22. The number of rotatable bonds is 8. The SMILES string of the molecule is COc1ccc(NC(=O)COc2ccc(Cl)cc2[C@@H]2c3sc(=O)[nH]c3S[C@@H]3[C@@H]4C[C@@H]([C@@H]5C(=O)N(c6ccc([N+](=O)[O-])cc6)C(=O)[C@@H]45)[C@H]23)cc1. The number of amides is 3. The van der Waals surface area contributed by atoms with Crippen molar-refractivity contribution >= 4 is 69.5 Å². The number of nitrogens with one attached hydrogen (secondary N) is 2. The number of thioether (sulfide) groups is 1. The zero-order chi connectivity index (χ0) is 34.1. The zero-order valence-corrected chi connectivity index (χ0v) is 28.1. The Bertz CT molecular complexity index is 2080. The third-order valence-corrected chi connectivity index (χ3v) is 12.9. The van der Waals surface area contributed by atoms with Gasteiger partial charge in [-0.3, -0.25) is 34.2 Å². The number of benzene rings is 3. The highest BCUT2D eigenvalue weighted by molar-refractivity contribution is 8.00. The fourth-order valence-corrected chi connectivity index (χ4v) is 11.3. The molecular weight excluding hydrogens is 692 g/mol. The van der Waals surface area contributed by atoms with Gasteiger partial charge in [0.25, 0.3) is 11.6 Å². The van der Waals surface area contributed by atoms with Gasteiger partial charge in [-0.05, 0) is 78.8 Å². The normalized spacial score (nSPS) is 26.2. The molecule has 8 rings (SSSR count). The minimum atomic E-state index is -0.576. The van der Waals surface area contributed by atoms with Crippen LogP contribution in [0.1, 0.15) is 22.8 Å². The quantitative estimate of drug-likeness (QED) is 0.132. The van der Waals surface area contributed by atoms with Gasteiger partial charge in [0.15, 0.2) is 6.61 Å². The Morgan fingerprint density at radius 2 is 1.76 bits per heavy atom. The minimum Gasteiger partial charge on any atom is -0.497 e. The van der Waals surface area contributed by atoms with Gasteiger partial charge in [0.05, 0.1) is 34.6 Å². The van der Waals surface area contributed by atoms with E-state index in [-0.39, 0.29) is 57.9 Å². The van der Waals surface area contributed by atoms with Gasteiger partial charge in [-0.2, -0.15) is 0 Å². The summed E-state index contributed by atoms with van der Waals surface area (Å²) in [6, 6.07) is 17.5. The molecule has 3 amide bonds. The van der Waals surface area contributed by atoms with Gasteiger partial charge < -0.3 is 19.8 Å². The Labute approximate surface area is 291 Å². The number of aromatic amines is 1. The number of anilines is 2. The number of methoxy groups -OCH3 is 1. The molecule has 4 aliphatic rings. The van der Waals surface area contributed by atoms with E-state index in [9.17, 15) is 29.3 Å². The highest BCUT2D eigenvalue weighted by atomic mass is 35.5. The Balaban J connectivity index is 1.11. The van der Waals surface area contributed by atoms with Crippen molar-refractivity contribution in [3.05, 3.63) is 102 Å². The van der Waals surface area contributed by atoms with E-state index in [0.29, 0.717) is 39.9 Å². The summed E-state index contributed by atoms with van der Waals surface area (Å²) in [6.45, 7) is -0.291. The lowest BCUT2D eigenvalue weighted by atomic mass is 9.68. The van der Waals surface area contributed by atoms with E-state index in [1.165, 1.54) is 29.2 Å². The van der Waals surface area contributed by atoms with Crippen molar-refractivity contribution < 1.29 is 28.8 Å². The van der Waals surface area contributed by atoms with Gasteiger partial charge in [0.2, 0.25) is 11.8 Å². The number of non-ortho nitro benzene ring substituents is 1. The Kier molecular flexibility index (Phi) is 7.76. The lowest BCUT2D eigenvalue weighted by molar-refractivity contribution is -0.384. The number of fused-ring (bicyclic) bond motifs is 9. The number of ether oxygens (including phenoxy) is 2. The molecule has 4 aromatic rings. The number of hydrogen-bond donors (Lipinski definition) is 2. The van der Waals surface area contributed by atoms with Gasteiger partial charge in [-0.1, -0.05) is 22.9 Å². The second-order valence-electron chi connectivity index (χ2n) is 12.5. The van der Waals surface area contributed by atoms with Crippen LogP contribution in [0.3, 0.4) is 0 Å². The zero-order valence-electron chi connectivity index (χ0n) is 25.7. The average molecular weight is 719 g/mol. The van der Waals surface area contributed by atoms with Crippen molar-refractivity contribution in [3.63, 3.8) is 0 Å². The molecular formula is C34H27ClN4O8S2. The summed E-state index contributed by atoms with van der Waals surface area (Å²) in [7, 11) is 1.56. The third kappa shape index (κ3) is 5.20. The van der Waals surface area contributed by atoms with E-state index in [1.807, 2.05) is 0 Å². The van der Waals surface area contributed by atoms with Crippen LogP contribution in [0, 0.1) is 39.7 Å². The van der Waals surface area contributed by atoms with Gasteiger partial charge in [-0.25, -0.2) is 0 Å². The molecule has 250 valence electrons. The molecule has 1 saturated heterocycles. The molecule has 0 spiro atoms. The Morgan fingerprint density at radius 3 is 2.45 bits per heavy atom. The molecule has 2 aliphatic carbocycles. The maximum atomic E-state index is 14.1. The molecule has 3 fully saturated rings. The third-order valence-electron chi connectivity index (χ3n) is 10.1. The molecule has 2 aliphatic heterocycles. The fourth-order valence-electron chi connectivity index (χ4n) is 8.25. The van der Waals surface area contributed by atoms with E-state index in [2.05, 4.69) is 10.3 Å². The molecule has 3 aromatic carbocycles. The average Bonchev–Trinajstić information content (AvgIpc) is 3.83. The minimum absolute atomic E-state index is 0.0900. The van der Waals surface area contributed by atoms with Crippen molar-refractivity contribution in [1.29, 1.82) is 0 Å². The number of nitrogens with zero attached hydrogens (tertiary/aromatic N) is 2.